The Morgan fingerprint density at radius 3 is 2.57 bits per heavy atom. The average molecular weight is 279 g/mol. The maximum atomic E-state index is 9.35. The van der Waals surface area contributed by atoms with Gasteiger partial charge >= 0.3 is 0 Å². The number of ether oxygens (including phenoxy) is 1. The molecule has 0 radical (unpaired) electrons. The van der Waals surface area contributed by atoms with Gasteiger partial charge in [-0.1, -0.05) is 18.2 Å². The average Bonchev–Trinajstić information content (AvgIpc) is 2.51. The Balaban J connectivity index is 2.08. The van der Waals surface area contributed by atoms with Crippen LogP contribution in [0.4, 0.5) is 0 Å². The van der Waals surface area contributed by atoms with Crippen LogP contribution in [0.1, 0.15) is 16.8 Å². The van der Waals surface area contributed by atoms with E-state index >= 15 is 0 Å². The van der Waals surface area contributed by atoms with Crippen LogP contribution in [0.2, 0.25) is 0 Å². The number of para-hydroxylation sites is 1. The van der Waals surface area contributed by atoms with Crippen LogP contribution in [-0.2, 0) is 6.61 Å². The van der Waals surface area contributed by atoms with Crippen molar-refractivity contribution < 1.29 is 9.84 Å². The Kier molecular flexibility index (Phi) is 3.59. The zero-order valence-electron chi connectivity index (χ0n) is 12.1. The lowest BCUT2D eigenvalue weighted by Crippen LogP contribution is -1.94. The highest BCUT2D eigenvalue weighted by Gasteiger charge is 2.08. The lowest BCUT2D eigenvalue weighted by molar-refractivity contribution is 0.277. The van der Waals surface area contributed by atoms with E-state index in [1.54, 1.807) is 6.07 Å². The summed E-state index contributed by atoms with van der Waals surface area (Å²) in [5.74, 6) is 1.51. The summed E-state index contributed by atoms with van der Waals surface area (Å²) >= 11 is 0. The molecule has 0 amide bonds. The molecule has 0 unspecified atom stereocenters. The van der Waals surface area contributed by atoms with Gasteiger partial charge in [-0.2, -0.15) is 0 Å². The number of hydrogen-bond donors (Lipinski definition) is 1. The van der Waals surface area contributed by atoms with Crippen LogP contribution in [0.5, 0.6) is 11.5 Å². The van der Waals surface area contributed by atoms with Crippen LogP contribution in [0, 0.1) is 13.8 Å². The summed E-state index contributed by atoms with van der Waals surface area (Å²) < 4.78 is 6.02. The van der Waals surface area contributed by atoms with Crippen LogP contribution in [-0.4, -0.2) is 10.1 Å². The normalized spacial score (nSPS) is 10.8. The van der Waals surface area contributed by atoms with Gasteiger partial charge in [0, 0.05) is 11.5 Å². The first-order valence-electron chi connectivity index (χ1n) is 6.92. The molecule has 0 aliphatic carbocycles. The van der Waals surface area contributed by atoms with Gasteiger partial charge in [0.15, 0.2) is 0 Å². The van der Waals surface area contributed by atoms with Gasteiger partial charge in [-0.15, -0.1) is 0 Å². The topological polar surface area (TPSA) is 42.4 Å². The van der Waals surface area contributed by atoms with E-state index in [0.29, 0.717) is 11.4 Å². The monoisotopic (exact) mass is 279 g/mol. The van der Waals surface area contributed by atoms with Crippen molar-refractivity contribution in [2.24, 2.45) is 0 Å². The Labute approximate surface area is 123 Å². The number of pyridine rings is 1. The molecule has 3 aromatic rings. The van der Waals surface area contributed by atoms with Crippen LogP contribution in [0.25, 0.3) is 10.9 Å². The lowest BCUT2D eigenvalue weighted by Gasteiger charge is -2.11. The van der Waals surface area contributed by atoms with E-state index in [0.717, 1.165) is 16.7 Å². The van der Waals surface area contributed by atoms with Crippen LogP contribution in [0.3, 0.4) is 0 Å². The number of benzene rings is 2. The van der Waals surface area contributed by atoms with Crippen molar-refractivity contribution in [3.05, 3.63) is 65.4 Å². The molecule has 1 heterocycles. The number of aliphatic hydroxyl groups excluding tert-OH is 1. The first kappa shape index (κ1) is 13.6. The Hall–Kier alpha value is -2.39. The lowest BCUT2D eigenvalue weighted by atomic mass is 10.1. The van der Waals surface area contributed by atoms with Gasteiger partial charge in [-0.25, -0.2) is 0 Å². The van der Waals surface area contributed by atoms with E-state index in [1.807, 2.05) is 42.5 Å². The van der Waals surface area contributed by atoms with E-state index < -0.39 is 0 Å². The molecule has 1 aromatic heterocycles. The minimum atomic E-state index is -0.103. The van der Waals surface area contributed by atoms with E-state index in [1.165, 1.54) is 11.1 Å². The Morgan fingerprint density at radius 2 is 1.81 bits per heavy atom. The fourth-order valence-electron chi connectivity index (χ4n) is 2.27. The summed E-state index contributed by atoms with van der Waals surface area (Å²) in [5, 5.41) is 10.3. The largest absolute Gasteiger partial charge is 0.457 e. The second kappa shape index (κ2) is 5.54. The van der Waals surface area contributed by atoms with Gasteiger partial charge in [-0.05, 0) is 49.2 Å². The molecule has 0 atom stereocenters. The van der Waals surface area contributed by atoms with Crippen LogP contribution >= 0.6 is 0 Å². The van der Waals surface area contributed by atoms with E-state index in [-0.39, 0.29) is 6.61 Å². The molecule has 1 N–H and O–H groups in total. The quantitative estimate of drug-likeness (QED) is 0.783. The molecule has 3 heteroatoms. The van der Waals surface area contributed by atoms with Gasteiger partial charge < -0.3 is 9.84 Å². The second-order valence-corrected chi connectivity index (χ2v) is 5.14. The molecule has 2 aromatic carbocycles. The number of aryl methyl sites for hydroxylation is 2. The van der Waals surface area contributed by atoms with E-state index in [4.69, 9.17) is 4.74 Å². The first-order chi connectivity index (χ1) is 10.2. The Bertz CT molecular complexity index is 796. The van der Waals surface area contributed by atoms with Crippen molar-refractivity contribution in [3.63, 3.8) is 0 Å². The highest BCUT2D eigenvalue weighted by atomic mass is 16.5. The molecule has 0 aliphatic heterocycles. The molecule has 3 nitrogen and oxygen atoms in total. The van der Waals surface area contributed by atoms with Crippen molar-refractivity contribution >= 4 is 10.9 Å². The van der Waals surface area contributed by atoms with Gasteiger partial charge in [0.2, 0.25) is 0 Å². The molecule has 0 bridgehead atoms. The van der Waals surface area contributed by atoms with Crippen molar-refractivity contribution in [2.45, 2.75) is 20.5 Å². The predicted molar refractivity (Wildman–Crippen MR) is 83.7 cm³/mol. The van der Waals surface area contributed by atoms with Crippen molar-refractivity contribution in [1.82, 2.24) is 4.98 Å². The summed E-state index contributed by atoms with van der Waals surface area (Å²) in [4.78, 5) is 4.40. The highest BCUT2D eigenvalue weighted by molar-refractivity contribution is 5.85. The van der Waals surface area contributed by atoms with Gasteiger partial charge in [0.05, 0.1) is 17.8 Å². The number of fused-ring (bicyclic) bond motifs is 1. The summed E-state index contributed by atoms with van der Waals surface area (Å²) in [6.45, 7) is 4.03. The van der Waals surface area contributed by atoms with Crippen molar-refractivity contribution in [3.8, 4) is 11.5 Å². The zero-order valence-corrected chi connectivity index (χ0v) is 12.1. The molecular formula is C18H17NO2. The minimum absolute atomic E-state index is 0.103. The number of aromatic nitrogens is 1. The third-order valence-electron chi connectivity index (χ3n) is 3.60. The van der Waals surface area contributed by atoms with Gasteiger partial charge in [0.1, 0.15) is 11.5 Å². The molecule has 3 rings (SSSR count). The number of rotatable bonds is 3. The highest BCUT2D eigenvalue weighted by Crippen LogP contribution is 2.30. The fourth-order valence-corrected chi connectivity index (χ4v) is 2.27. The molecule has 0 fully saturated rings. The predicted octanol–water partition coefficient (Wildman–Crippen LogP) is 4.14. The smallest absolute Gasteiger partial charge is 0.138 e. The second-order valence-electron chi connectivity index (χ2n) is 5.14. The van der Waals surface area contributed by atoms with Gasteiger partial charge in [-0.3, -0.25) is 4.98 Å². The third-order valence-corrected chi connectivity index (χ3v) is 3.60. The number of nitrogens with zero attached hydrogens (tertiary/aromatic N) is 1. The molecule has 0 aliphatic rings. The molecular weight excluding hydrogens is 262 g/mol. The maximum Gasteiger partial charge on any atom is 0.138 e. The summed E-state index contributed by atoms with van der Waals surface area (Å²) in [5.41, 5.74) is 3.85. The zero-order chi connectivity index (χ0) is 14.8. The van der Waals surface area contributed by atoms with Crippen LogP contribution < -0.4 is 4.74 Å². The summed E-state index contributed by atoms with van der Waals surface area (Å²) in [6.07, 6.45) is 0. The molecule has 0 saturated carbocycles. The fraction of sp³-hybridized carbons (Fsp3) is 0.167. The van der Waals surface area contributed by atoms with E-state index in [2.05, 4.69) is 18.8 Å². The maximum absolute atomic E-state index is 9.35. The van der Waals surface area contributed by atoms with Crippen molar-refractivity contribution in [2.75, 3.05) is 0 Å². The van der Waals surface area contributed by atoms with Crippen LogP contribution in [0.15, 0.2) is 48.5 Å². The number of aliphatic hydroxyl groups is 1. The summed E-state index contributed by atoms with van der Waals surface area (Å²) in [6, 6.07) is 15.6. The van der Waals surface area contributed by atoms with Gasteiger partial charge in [0.25, 0.3) is 0 Å². The first-order valence-corrected chi connectivity index (χ1v) is 6.92. The molecule has 106 valence electrons. The summed E-state index contributed by atoms with van der Waals surface area (Å²) in [7, 11) is 0. The van der Waals surface area contributed by atoms with E-state index in [9.17, 15) is 5.11 Å². The third kappa shape index (κ3) is 2.73. The molecule has 0 spiro atoms. The Morgan fingerprint density at radius 1 is 1.00 bits per heavy atom. The standard InChI is InChI=1S/C18H17NO2/c1-12-7-8-15(9-13(12)2)21-18-10-14(11-20)19-17-6-4-3-5-16(17)18/h3-10,20H,11H2,1-2H3. The molecule has 21 heavy (non-hydrogen) atoms. The minimum Gasteiger partial charge on any atom is -0.457 e. The SMILES string of the molecule is Cc1ccc(Oc2cc(CO)nc3ccccc23)cc1C. The number of hydrogen-bond acceptors (Lipinski definition) is 3. The van der Waals surface area contributed by atoms with Crippen molar-refractivity contribution in [1.29, 1.82) is 0 Å². The molecule has 0 saturated heterocycles.